The lowest BCUT2D eigenvalue weighted by Gasteiger charge is -2.01. The van der Waals surface area contributed by atoms with E-state index in [4.69, 9.17) is 16.3 Å². The predicted molar refractivity (Wildman–Crippen MR) is 81.6 cm³/mol. The Morgan fingerprint density at radius 3 is 2.48 bits per heavy atom. The number of ether oxygens (including phenoxy) is 1. The number of carbonyl (C=O) groups is 1. The third-order valence-electron chi connectivity index (χ3n) is 3.10. The number of esters is 1. The highest BCUT2D eigenvalue weighted by Crippen LogP contribution is 2.29. The van der Waals surface area contributed by atoms with E-state index in [0.717, 1.165) is 5.56 Å². The zero-order valence-corrected chi connectivity index (χ0v) is 11.7. The van der Waals surface area contributed by atoms with E-state index in [1.54, 1.807) is 60.7 Å². The zero-order chi connectivity index (χ0) is 14.8. The number of halogens is 1. The average molecular weight is 299 g/mol. The van der Waals surface area contributed by atoms with Gasteiger partial charge in [0.05, 0.1) is 5.57 Å². The van der Waals surface area contributed by atoms with Gasteiger partial charge in [0, 0.05) is 16.1 Å². The summed E-state index contributed by atoms with van der Waals surface area (Å²) in [7, 11) is 0. The summed E-state index contributed by atoms with van der Waals surface area (Å²) in [5.41, 5.74) is 1.73. The summed E-state index contributed by atoms with van der Waals surface area (Å²) in [6.07, 6.45) is 3.25. The summed E-state index contributed by atoms with van der Waals surface area (Å²) in [6.45, 7) is 0. The quantitative estimate of drug-likeness (QED) is 0.672. The SMILES string of the molecule is O=C1OC(c2ccc(Cl)cc2)=CC1=Cc1ccccc1O. The third-order valence-corrected chi connectivity index (χ3v) is 3.35. The van der Waals surface area contributed by atoms with Gasteiger partial charge in [-0.2, -0.15) is 0 Å². The highest BCUT2D eigenvalue weighted by atomic mass is 35.5. The highest BCUT2D eigenvalue weighted by Gasteiger charge is 2.22. The minimum atomic E-state index is -0.441. The number of phenolic OH excluding ortho intramolecular Hbond substituents is 1. The molecule has 3 nitrogen and oxygen atoms in total. The van der Waals surface area contributed by atoms with Gasteiger partial charge in [-0.1, -0.05) is 29.8 Å². The number of hydrogen-bond acceptors (Lipinski definition) is 3. The number of cyclic esters (lactones) is 1. The van der Waals surface area contributed by atoms with Crippen molar-refractivity contribution in [1.82, 2.24) is 0 Å². The van der Waals surface area contributed by atoms with E-state index in [2.05, 4.69) is 0 Å². The van der Waals surface area contributed by atoms with E-state index in [0.29, 0.717) is 21.9 Å². The lowest BCUT2D eigenvalue weighted by Crippen LogP contribution is -1.97. The molecule has 21 heavy (non-hydrogen) atoms. The Labute approximate surface area is 126 Å². The van der Waals surface area contributed by atoms with Crippen molar-refractivity contribution in [3.05, 3.63) is 76.3 Å². The van der Waals surface area contributed by atoms with Crippen molar-refractivity contribution < 1.29 is 14.6 Å². The second-order valence-electron chi connectivity index (χ2n) is 4.56. The largest absolute Gasteiger partial charge is 0.507 e. The van der Waals surface area contributed by atoms with Crippen LogP contribution in [0.4, 0.5) is 0 Å². The van der Waals surface area contributed by atoms with Crippen LogP contribution < -0.4 is 0 Å². The Bertz CT molecular complexity index is 758. The van der Waals surface area contributed by atoms with Gasteiger partial charge >= 0.3 is 5.97 Å². The van der Waals surface area contributed by atoms with E-state index in [-0.39, 0.29) is 5.75 Å². The number of para-hydroxylation sites is 1. The summed E-state index contributed by atoms with van der Waals surface area (Å²) in [5, 5.41) is 10.4. The number of benzene rings is 2. The molecule has 0 aliphatic carbocycles. The molecule has 1 aliphatic heterocycles. The van der Waals surface area contributed by atoms with Crippen molar-refractivity contribution in [2.75, 3.05) is 0 Å². The summed E-state index contributed by atoms with van der Waals surface area (Å²) < 4.78 is 5.24. The van der Waals surface area contributed by atoms with Crippen molar-refractivity contribution in [1.29, 1.82) is 0 Å². The smallest absolute Gasteiger partial charge is 0.343 e. The molecule has 2 aromatic rings. The van der Waals surface area contributed by atoms with Gasteiger partial charge in [0.2, 0.25) is 0 Å². The van der Waals surface area contributed by atoms with Gasteiger partial charge in [-0.3, -0.25) is 0 Å². The molecule has 1 heterocycles. The molecule has 0 saturated heterocycles. The second-order valence-corrected chi connectivity index (χ2v) is 5.00. The first-order valence-corrected chi connectivity index (χ1v) is 6.71. The van der Waals surface area contributed by atoms with Crippen LogP contribution in [0.2, 0.25) is 5.02 Å². The number of phenols is 1. The minimum Gasteiger partial charge on any atom is -0.507 e. The van der Waals surface area contributed by atoms with Crippen LogP contribution in [0.3, 0.4) is 0 Å². The Balaban J connectivity index is 1.96. The Morgan fingerprint density at radius 2 is 1.76 bits per heavy atom. The molecule has 0 amide bonds. The van der Waals surface area contributed by atoms with Gasteiger partial charge in [0.1, 0.15) is 11.5 Å². The first-order chi connectivity index (χ1) is 10.1. The number of rotatable bonds is 2. The first kappa shape index (κ1) is 13.5. The van der Waals surface area contributed by atoms with Gasteiger partial charge in [-0.25, -0.2) is 4.79 Å². The normalized spacial score (nSPS) is 16.0. The van der Waals surface area contributed by atoms with Crippen molar-refractivity contribution in [3.8, 4) is 5.75 Å². The molecule has 0 bridgehead atoms. The lowest BCUT2D eigenvalue weighted by atomic mass is 10.1. The van der Waals surface area contributed by atoms with Gasteiger partial charge in [-0.15, -0.1) is 0 Å². The van der Waals surface area contributed by atoms with Crippen LogP contribution in [0.25, 0.3) is 11.8 Å². The molecule has 0 saturated carbocycles. The lowest BCUT2D eigenvalue weighted by molar-refractivity contribution is -0.130. The van der Waals surface area contributed by atoms with Crippen LogP contribution in [-0.2, 0) is 9.53 Å². The van der Waals surface area contributed by atoms with E-state index in [9.17, 15) is 9.90 Å². The van der Waals surface area contributed by atoms with Crippen LogP contribution in [0.5, 0.6) is 5.75 Å². The number of hydrogen-bond donors (Lipinski definition) is 1. The fraction of sp³-hybridized carbons (Fsp3) is 0. The number of aromatic hydroxyl groups is 1. The maximum atomic E-state index is 11.9. The monoisotopic (exact) mass is 298 g/mol. The van der Waals surface area contributed by atoms with Crippen LogP contribution in [-0.4, -0.2) is 11.1 Å². The standard InChI is InChI=1S/C17H11ClO3/c18-14-7-5-11(6-8-14)16-10-13(17(20)21-16)9-12-3-1-2-4-15(12)19/h1-10,19H. The molecule has 104 valence electrons. The molecule has 0 fully saturated rings. The molecule has 0 spiro atoms. The molecular weight excluding hydrogens is 288 g/mol. The fourth-order valence-corrected chi connectivity index (χ4v) is 2.15. The molecule has 0 unspecified atom stereocenters. The Kier molecular flexibility index (Phi) is 3.50. The molecule has 4 heteroatoms. The van der Waals surface area contributed by atoms with Crippen LogP contribution in [0.1, 0.15) is 11.1 Å². The first-order valence-electron chi connectivity index (χ1n) is 6.33. The summed E-state index contributed by atoms with van der Waals surface area (Å²) in [6, 6.07) is 13.8. The molecule has 1 N–H and O–H groups in total. The second kappa shape index (κ2) is 5.46. The average Bonchev–Trinajstić information content (AvgIpc) is 2.83. The van der Waals surface area contributed by atoms with Crippen molar-refractivity contribution in [3.63, 3.8) is 0 Å². The highest BCUT2D eigenvalue weighted by molar-refractivity contribution is 6.30. The molecule has 0 radical (unpaired) electrons. The molecular formula is C17H11ClO3. The summed E-state index contributed by atoms with van der Waals surface area (Å²) in [5.74, 6) is 0.146. The fourth-order valence-electron chi connectivity index (χ4n) is 2.02. The zero-order valence-electron chi connectivity index (χ0n) is 10.9. The Hall–Kier alpha value is -2.52. The van der Waals surface area contributed by atoms with Gasteiger partial charge in [0.15, 0.2) is 0 Å². The van der Waals surface area contributed by atoms with Gasteiger partial charge in [0.25, 0.3) is 0 Å². The molecule has 0 aromatic heterocycles. The van der Waals surface area contributed by atoms with Crippen molar-refractivity contribution in [2.45, 2.75) is 0 Å². The minimum absolute atomic E-state index is 0.117. The van der Waals surface area contributed by atoms with E-state index >= 15 is 0 Å². The van der Waals surface area contributed by atoms with Crippen molar-refractivity contribution >= 4 is 29.4 Å². The van der Waals surface area contributed by atoms with E-state index < -0.39 is 5.97 Å². The van der Waals surface area contributed by atoms with Gasteiger partial charge in [-0.05, 0) is 42.5 Å². The Morgan fingerprint density at radius 1 is 1.05 bits per heavy atom. The van der Waals surface area contributed by atoms with Crippen LogP contribution in [0.15, 0.2) is 60.2 Å². The molecule has 1 aliphatic rings. The molecule has 3 rings (SSSR count). The maximum absolute atomic E-state index is 11.9. The van der Waals surface area contributed by atoms with Crippen molar-refractivity contribution in [2.24, 2.45) is 0 Å². The van der Waals surface area contributed by atoms with Crippen LogP contribution in [0, 0.1) is 0 Å². The van der Waals surface area contributed by atoms with E-state index in [1.165, 1.54) is 0 Å². The maximum Gasteiger partial charge on any atom is 0.343 e. The summed E-state index contributed by atoms with van der Waals surface area (Å²) >= 11 is 5.83. The molecule has 2 aromatic carbocycles. The number of carbonyl (C=O) groups excluding carboxylic acids is 1. The van der Waals surface area contributed by atoms with Crippen LogP contribution >= 0.6 is 11.6 Å². The van der Waals surface area contributed by atoms with Gasteiger partial charge < -0.3 is 9.84 Å². The third kappa shape index (κ3) is 2.83. The topological polar surface area (TPSA) is 46.5 Å². The van der Waals surface area contributed by atoms with E-state index in [1.807, 2.05) is 0 Å². The predicted octanol–water partition coefficient (Wildman–Crippen LogP) is 4.03. The molecule has 0 atom stereocenters. The summed E-state index contributed by atoms with van der Waals surface area (Å²) in [4.78, 5) is 11.9.